The van der Waals surface area contributed by atoms with Crippen LogP contribution in [0.4, 0.5) is 34.1 Å². The van der Waals surface area contributed by atoms with Crippen LogP contribution in [0.25, 0.3) is 21.5 Å². The molecule has 0 aliphatic carbocycles. The Balaban J connectivity index is 0.000000241. The van der Waals surface area contributed by atoms with Crippen molar-refractivity contribution in [2.45, 2.75) is 37.5 Å². The molecule has 0 heterocycles. The van der Waals surface area contributed by atoms with Crippen LogP contribution < -0.4 is 25.0 Å². The molecule has 18 nitrogen and oxygen atoms in total. The van der Waals surface area contributed by atoms with Crippen molar-refractivity contribution in [3.05, 3.63) is 166 Å². The number of halogens is 2. The van der Waals surface area contributed by atoms with Crippen LogP contribution in [0.5, 0.6) is 23.0 Å². The number of nitrogens with one attached hydrogen (secondary N) is 1. The predicted molar refractivity (Wildman–Crippen MR) is 284 cm³/mol. The number of hydrogen-bond donors (Lipinski definition) is 4. The molecule has 8 aromatic rings. The minimum atomic E-state index is -4.49. The fourth-order valence-corrected chi connectivity index (χ4v) is 9.39. The van der Waals surface area contributed by atoms with Crippen LogP contribution in [-0.2, 0) is 20.2 Å². The first-order valence-corrected chi connectivity index (χ1v) is 25.7. The number of rotatable bonds is 14. The van der Waals surface area contributed by atoms with Gasteiger partial charge in [-0.1, -0.05) is 89.6 Å². The molecule has 4 N–H and O–H groups in total. The number of phenolic OH excluding ortho intramolecular Hbond substituents is 1. The number of aromatic hydroxyl groups is 1. The summed E-state index contributed by atoms with van der Waals surface area (Å²) in [5.74, 6) is -1.28. The van der Waals surface area contributed by atoms with E-state index in [4.69, 9.17) is 32.7 Å². The van der Waals surface area contributed by atoms with Gasteiger partial charge in [-0.15, -0.1) is 15.3 Å². The molecule has 380 valence electrons. The molecule has 0 saturated carbocycles. The summed E-state index contributed by atoms with van der Waals surface area (Å²) in [5.41, 5.74) is 1.08. The van der Waals surface area contributed by atoms with Gasteiger partial charge in [0.25, 0.3) is 26.1 Å². The number of benzene rings is 8. The van der Waals surface area contributed by atoms with Crippen molar-refractivity contribution in [1.82, 2.24) is 0 Å². The molecule has 75 heavy (non-hydrogen) atoms. The Morgan fingerprint density at radius 2 is 1.11 bits per heavy atom. The van der Waals surface area contributed by atoms with Gasteiger partial charge in [0.1, 0.15) is 28.6 Å². The Bertz CT molecular complexity index is 3830. The molecule has 8 rings (SSSR count). The molecule has 0 radical (unpaired) electrons. The third-order valence-corrected chi connectivity index (χ3v) is 13.4. The Kier molecular flexibility index (Phi) is 19.3. The Morgan fingerprint density at radius 3 is 1.64 bits per heavy atom. The van der Waals surface area contributed by atoms with Gasteiger partial charge in [0.05, 0.1) is 50.0 Å². The first-order chi connectivity index (χ1) is 35.2. The van der Waals surface area contributed by atoms with Crippen molar-refractivity contribution in [2.75, 3.05) is 18.5 Å². The van der Waals surface area contributed by atoms with E-state index < -0.39 is 43.5 Å². The first-order valence-electron chi connectivity index (χ1n) is 22.1. The first kappa shape index (κ1) is 57.9. The maximum absolute atomic E-state index is 13.3. The van der Waals surface area contributed by atoms with E-state index in [2.05, 4.69) is 30.8 Å². The van der Waals surface area contributed by atoms with Crippen molar-refractivity contribution < 1.29 is 55.5 Å². The summed E-state index contributed by atoms with van der Waals surface area (Å²) < 4.78 is 75.7. The minimum absolute atomic E-state index is 0. The average molecular weight is 1220 g/mol. The third kappa shape index (κ3) is 14.1. The summed E-state index contributed by atoms with van der Waals surface area (Å²) in [6.45, 7) is 7.53. The number of carbonyl (C=O) groups excluding carboxylic acids is 1. The molecule has 0 fully saturated rings. The molecular weight excluding hydrogens is 1170 g/mol. The van der Waals surface area contributed by atoms with Crippen molar-refractivity contribution in [3.8, 4) is 23.0 Å². The number of ether oxygens (including phenoxy) is 2. The molecule has 8 aromatic carbocycles. The molecule has 0 bridgehead atoms. The molecule has 0 aromatic heterocycles. The summed E-state index contributed by atoms with van der Waals surface area (Å²) in [6, 6.07) is 35.1. The second-order valence-corrected chi connectivity index (χ2v) is 19.5. The van der Waals surface area contributed by atoms with E-state index in [1.54, 1.807) is 103 Å². The van der Waals surface area contributed by atoms with Crippen molar-refractivity contribution in [2.24, 2.45) is 25.4 Å². The number of amides is 1. The van der Waals surface area contributed by atoms with Gasteiger partial charge in [0.2, 0.25) is 0 Å². The van der Waals surface area contributed by atoms with Crippen LogP contribution in [0.3, 0.4) is 0 Å². The maximum atomic E-state index is 13.3. The van der Waals surface area contributed by atoms with Crippen molar-refractivity contribution in [1.29, 1.82) is 0 Å². The van der Waals surface area contributed by atoms with Gasteiger partial charge < -0.3 is 30.1 Å². The van der Waals surface area contributed by atoms with Crippen molar-refractivity contribution >= 4 is 160 Å². The van der Waals surface area contributed by atoms with Gasteiger partial charge in [0, 0.05) is 28.6 Å². The predicted octanol–water partition coefficient (Wildman–Crippen LogP) is 11.8. The normalized spacial score (nSPS) is 11.9. The van der Waals surface area contributed by atoms with E-state index in [0.29, 0.717) is 57.6 Å². The Labute approximate surface area is 481 Å². The molecule has 0 spiro atoms. The second-order valence-electron chi connectivity index (χ2n) is 15.9. The van der Waals surface area contributed by atoms with E-state index in [1.165, 1.54) is 32.0 Å². The second kappa shape index (κ2) is 25.0. The van der Waals surface area contributed by atoms with Crippen LogP contribution in [0.15, 0.2) is 169 Å². The van der Waals surface area contributed by atoms with Crippen LogP contribution in [0.1, 0.15) is 40.9 Å². The molecule has 23 heteroatoms. The summed E-state index contributed by atoms with van der Waals surface area (Å²) >= 11 is 12.3. The number of phenols is 1. The number of aryl methyl sites for hydroxylation is 2. The minimum Gasteiger partial charge on any atom is -0.871 e. The zero-order valence-corrected chi connectivity index (χ0v) is 47.7. The largest absolute Gasteiger partial charge is 2.00 e. The summed E-state index contributed by atoms with van der Waals surface area (Å²) in [5, 5.41) is 58.6. The SMILES string of the molecule is CCOc1cccc(N=C([O-])c2cc3ccccc3c(N=Nc3cc(C)c(S(=O)(=O)O)cc3Cl)c2[O-])c1.CCOc1cccc(NC(=O)c2cc3ccccc3c(N=Nc3cc(C)c(S(=O)(=O)O)cc3Cl)c2O)c1.[Ba+2]. The van der Waals surface area contributed by atoms with Gasteiger partial charge >= 0.3 is 48.9 Å². The molecule has 0 atom stereocenters. The molecule has 0 aliphatic rings. The summed E-state index contributed by atoms with van der Waals surface area (Å²) in [6.07, 6.45) is 0. The number of aliphatic imine (C=N–C) groups is 1. The van der Waals surface area contributed by atoms with Gasteiger partial charge in [-0.3, -0.25) is 18.9 Å². The number of azo groups is 2. The van der Waals surface area contributed by atoms with E-state index in [0.717, 1.165) is 12.1 Å². The molecule has 0 saturated heterocycles. The van der Waals surface area contributed by atoms with E-state index in [9.17, 15) is 46.1 Å². The van der Waals surface area contributed by atoms with E-state index >= 15 is 0 Å². The molecule has 1 amide bonds. The maximum Gasteiger partial charge on any atom is 2.00 e. The molecule has 0 aliphatic heterocycles. The fourth-order valence-electron chi connectivity index (χ4n) is 7.39. The Morgan fingerprint density at radius 1 is 0.627 bits per heavy atom. The fraction of sp³-hybridized carbons (Fsp3) is 0.115. The van der Waals surface area contributed by atoms with E-state index in [-0.39, 0.29) is 114 Å². The van der Waals surface area contributed by atoms with Gasteiger partial charge in [-0.2, -0.15) is 21.9 Å². The zero-order valence-electron chi connectivity index (χ0n) is 40.1. The topological polar surface area (TPSA) is 284 Å². The average Bonchev–Trinajstić information content (AvgIpc) is 3.34. The zero-order chi connectivity index (χ0) is 53.5. The van der Waals surface area contributed by atoms with Crippen molar-refractivity contribution in [3.63, 3.8) is 0 Å². The number of anilines is 1. The Hall–Kier alpha value is -6.41. The van der Waals surface area contributed by atoms with Gasteiger partial charge in [-0.05, 0) is 122 Å². The van der Waals surface area contributed by atoms with Gasteiger partial charge in [0.15, 0.2) is 5.75 Å². The molecule has 0 unspecified atom stereocenters. The third-order valence-electron chi connectivity index (χ3n) is 10.8. The van der Waals surface area contributed by atoms with Crippen LogP contribution in [-0.4, -0.2) is 105 Å². The van der Waals surface area contributed by atoms with Crippen LogP contribution in [0.2, 0.25) is 10.0 Å². The van der Waals surface area contributed by atoms with Crippen LogP contribution >= 0.6 is 23.2 Å². The summed E-state index contributed by atoms with van der Waals surface area (Å²) in [7, 11) is -8.96. The number of fused-ring (bicyclic) bond motifs is 2. The number of hydrogen-bond acceptors (Lipinski definition) is 15. The quantitative estimate of drug-likeness (QED) is 0.0260. The standard InChI is InChI=1S/2C26H22ClN3O6S.Ba/c2*1-3-36-18-9-6-8-17(13-18)28-26(32)20-12-16-7-4-5-10-19(16)24(25(20)31)30-29-22-11-15(2)23(14-21(22)27)37(33,34)35;/h2*4-14,31H,3H2,1-2H3,(H,28,32)(H,33,34,35);/q;;+2/p-2. The monoisotopic (exact) mass is 1210 g/mol. The number of nitrogens with zero attached hydrogens (tertiary/aromatic N) is 5. The van der Waals surface area contributed by atoms with Gasteiger partial charge in [-0.25, -0.2) is 0 Å². The smallest absolute Gasteiger partial charge is 0.871 e. The van der Waals surface area contributed by atoms with Crippen LogP contribution in [0, 0.1) is 13.8 Å². The number of carbonyl (C=O) groups is 1. The van der Waals surface area contributed by atoms with E-state index in [1.807, 2.05) is 13.8 Å². The molecular formula is C52H42BaCl2N6O12S2. The summed E-state index contributed by atoms with van der Waals surface area (Å²) in [4.78, 5) is 16.5.